The van der Waals surface area contributed by atoms with Crippen molar-refractivity contribution < 1.29 is 5.11 Å². The van der Waals surface area contributed by atoms with Gasteiger partial charge in [0.2, 0.25) is 0 Å². The highest BCUT2D eigenvalue weighted by Crippen LogP contribution is 2.51. The monoisotopic (exact) mass is 208 g/mol. The Bertz CT molecular complexity index is 338. The SMILES string of the molecule is C=CC(O)C1(c2ccc(Cl)cc2)CC1. The maximum absolute atomic E-state index is 9.82. The molecule has 2 heteroatoms. The first-order chi connectivity index (χ1) is 6.69. The van der Waals surface area contributed by atoms with Gasteiger partial charge in [-0.1, -0.05) is 29.8 Å². The van der Waals surface area contributed by atoms with Crippen LogP contribution < -0.4 is 0 Å². The zero-order valence-electron chi connectivity index (χ0n) is 7.91. The van der Waals surface area contributed by atoms with Gasteiger partial charge in [-0.25, -0.2) is 0 Å². The van der Waals surface area contributed by atoms with Crippen LogP contribution in [0.3, 0.4) is 0 Å². The van der Waals surface area contributed by atoms with Gasteiger partial charge in [-0.3, -0.25) is 0 Å². The van der Waals surface area contributed by atoms with Crippen molar-refractivity contribution in [1.29, 1.82) is 0 Å². The van der Waals surface area contributed by atoms with Gasteiger partial charge in [0.25, 0.3) is 0 Å². The molecule has 1 aromatic carbocycles. The molecule has 1 aliphatic rings. The lowest BCUT2D eigenvalue weighted by atomic mass is 9.90. The Balaban J connectivity index is 2.30. The summed E-state index contributed by atoms with van der Waals surface area (Å²) in [5.41, 5.74) is 1.08. The van der Waals surface area contributed by atoms with Crippen molar-refractivity contribution in [2.24, 2.45) is 0 Å². The molecule has 0 aliphatic heterocycles. The predicted octanol–water partition coefficient (Wildman–Crippen LogP) is 2.92. The Morgan fingerprint density at radius 3 is 2.36 bits per heavy atom. The van der Waals surface area contributed by atoms with Gasteiger partial charge in [-0.15, -0.1) is 6.58 Å². The van der Waals surface area contributed by atoms with E-state index in [9.17, 15) is 5.11 Å². The van der Waals surface area contributed by atoms with E-state index in [0.717, 1.165) is 23.4 Å². The van der Waals surface area contributed by atoms with E-state index in [1.165, 1.54) is 0 Å². The van der Waals surface area contributed by atoms with Crippen molar-refractivity contribution in [3.05, 3.63) is 47.5 Å². The molecule has 2 rings (SSSR count). The van der Waals surface area contributed by atoms with Crippen LogP contribution in [-0.4, -0.2) is 11.2 Å². The van der Waals surface area contributed by atoms with E-state index in [0.29, 0.717) is 0 Å². The summed E-state index contributed by atoms with van der Waals surface area (Å²) >= 11 is 5.81. The van der Waals surface area contributed by atoms with Gasteiger partial charge in [0.05, 0.1) is 6.10 Å². The van der Waals surface area contributed by atoms with Crippen molar-refractivity contribution in [1.82, 2.24) is 0 Å². The first-order valence-corrected chi connectivity index (χ1v) is 5.13. The van der Waals surface area contributed by atoms with Crippen LogP contribution in [0.4, 0.5) is 0 Å². The normalized spacial score (nSPS) is 20.1. The Labute approximate surface area is 89.0 Å². The average molecular weight is 209 g/mol. The summed E-state index contributed by atoms with van der Waals surface area (Å²) in [5, 5.41) is 10.6. The molecule has 74 valence electrons. The van der Waals surface area contributed by atoms with Gasteiger partial charge in [-0.05, 0) is 30.5 Å². The van der Waals surface area contributed by atoms with Crippen LogP contribution in [0.5, 0.6) is 0 Å². The van der Waals surface area contributed by atoms with E-state index in [2.05, 4.69) is 6.58 Å². The molecule has 0 aromatic heterocycles. The van der Waals surface area contributed by atoms with Gasteiger partial charge in [0, 0.05) is 10.4 Å². The van der Waals surface area contributed by atoms with Crippen molar-refractivity contribution in [2.75, 3.05) is 0 Å². The third kappa shape index (κ3) is 1.47. The minimum atomic E-state index is -0.441. The van der Waals surface area contributed by atoms with Gasteiger partial charge in [-0.2, -0.15) is 0 Å². The second kappa shape index (κ2) is 3.41. The largest absolute Gasteiger partial charge is 0.388 e. The molecule has 1 atom stereocenters. The quantitative estimate of drug-likeness (QED) is 0.758. The Morgan fingerprint density at radius 2 is 1.93 bits per heavy atom. The van der Waals surface area contributed by atoms with E-state index < -0.39 is 6.10 Å². The summed E-state index contributed by atoms with van der Waals surface area (Å²) in [6.07, 6.45) is 3.23. The number of benzene rings is 1. The van der Waals surface area contributed by atoms with Gasteiger partial charge in [0.1, 0.15) is 0 Å². The molecule has 0 spiro atoms. The summed E-state index contributed by atoms with van der Waals surface area (Å²) in [7, 11) is 0. The zero-order chi connectivity index (χ0) is 10.2. The van der Waals surface area contributed by atoms with Crippen molar-refractivity contribution in [3.8, 4) is 0 Å². The second-order valence-electron chi connectivity index (χ2n) is 3.84. The highest BCUT2D eigenvalue weighted by atomic mass is 35.5. The lowest BCUT2D eigenvalue weighted by Crippen LogP contribution is -2.23. The third-order valence-corrected chi connectivity index (χ3v) is 3.25. The molecule has 0 bridgehead atoms. The number of aliphatic hydroxyl groups excluding tert-OH is 1. The minimum Gasteiger partial charge on any atom is -0.388 e. The number of aliphatic hydroxyl groups is 1. The topological polar surface area (TPSA) is 20.2 Å². The van der Waals surface area contributed by atoms with E-state index in [-0.39, 0.29) is 5.41 Å². The van der Waals surface area contributed by atoms with Crippen LogP contribution >= 0.6 is 11.6 Å². The standard InChI is InChI=1S/C12H13ClO/c1-2-11(14)12(7-8-12)9-3-5-10(13)6-4-9/h2-6,11,14H,1,7-8H2. The number of rotatable bonds is 3. The zero-order valence-corrected chi connectivity index (χ0v) is 8.67. The molecule has 1 aliphatic carbocycles. The number of halogens is 1. The Morgan fingerprint density at radius 1 is 1.36 bits per heavy atom. The van der Waals surface area contributed by atoms with Crippen LogP contribution in [0.2, 0.25) is 5.02 Å². The van der Waals surface area contributed by atoms with Crippen LogP contribution in [-0.2, 0) is 5.41 Å². The lowest BCUT2D eigenvalue weighted by molar-refractivity contribution is 0.179. The minimum absolute atomic E-state index is 0.0770. The van der Waals surface area contributed by atoms with Crippen LogP contribution in [0.25, 0.3) is 0 Å². The fourth-order valence-corrected chi connectivity index (χ4v) is 2.02. The maximum atomic E-state index is 9.82. The number of hydrogen-bond acceptors (Lipinski definition) is 1. The fraction of sp³-hybridized carbons (Fsp3) is 0.333. The third-order valence-electron chi connectivity index (χ3n) is 3.00. The maximum Gasteiger partial charge on any atom is 0.0814 e. The molecule has 1 aromatic rings. The summed E-state index contributed by atoms with van der Waals surface area (Å²) in [6.45, 7) is 3.63. The van der Waals surface area contributed by atoms with Crippen LogP contribution in [0, 0.1) is 0 Å². The van der Waals surface area contributed by atoms with Gasteiger partial charge < -0.3 is 5.11 Å². The second-order valence-corrected chi connectivity index (χ2v) is 4.28. The molecule has 1 fully saturated rings. The predicted molar refractivity (Wildman–Crippen MR) is 58.6 cm³/mol. The fourth-order valence-electron chi connectivity index (χ4n) is 1.90. The molecule has 0 saturated heterocycles. The summed E-state index contributed by atoms with van der Waals surface area (Å²) in [6, 6.07) is 7.71. The Kier molecular flexibility index (Phi) is 2.38. The van der Waals surface area contributed by atoms with Crippen molar-refractivity contribution in [2.45, 2.75) is 24.4 Å². The molecular weight excluding hydrogens is 196 g/mol. The highest BCUT2D eigenvalue weighted by Gasteiger charge is 2.48. The highest BCUT2D eigenvalue weighted by molar-refractivity contribution is 6.30. The van der Waals surface area contributed by atoms with E-state index in [4.69, 9.17) is 11.6 Å². The first-order valence-electron chi connectivity index (χ1n) is 4.76. The molecule has 14 heavy (non-hydrogen) atoms. The smallest absolute Gasteiger partial charge is 0.0814 e. The summed E-state index contributed by atoms with van der Waals surface area (Å²) < 4.78 is 0. The molecule has 1 saturated carbocycles. The van der Waals surface area contributed by atoms with Crippen LogP contribution in [0.1, 0.15) is 18.4 Å². The van der Waals surface area contributed by atoms with Crippen LogP contribution in [0.15, 0.2) is 36.9 Å². The Hall–Kier alpha value is -0.790. The molecule has 1 nitrogen and oxygen atoms in total. The van der Waals surface area contributed by atoms with E-state index in [1.54, 1.807) is 6.08 Å². The van der Waals surface area contributed by atoms with E-state index >= 15 is 0 Å². The van der Waals surface area contributed by atoms with Gasteiger partial charge in [0.15, 0.2) is 0 Å². The lowest BCUT2D eigenvalue weighted by Gasteiger charge is -2.19. The molecular formula is C12H13ClO. The molecule has 0 heterocycles. The summed E-state index contributed by atoms with van der Waals surface area (Å²) in [4.78, 5) is 0. The van der Waals surface area contributed by atoms with Crippen molar-refractivity contribution >= 4 is 11.6 Å². The average Bonchev–Trinajstić information content (AvgIpc) is 2.99. The molecule has 1 unspecified atom stereocenters. The molecule has 0 amide bonds. The van der Waals surface area contributed by atoms with E-state index in [1.807, 2.05) is 24.3 Å². The molecule has 1 N–H and O–H groups in total. The van der Waals surface area contributed by atoms with Gasteiger partial charge >= 0.3 is 0 Å². The van der Waals surface area contributed by atoms with Crippen molar-refractivity contribution in [3.63, 3.8) is 0 Å². The molecule has 0 radical (unpaired) electrons. The summed E-state index contributed by atoms with van der Waals surface area (Å²) in [5.74, 6) is 0. The first kappa shape index (κ1) is 9.75. The number of hydrogen-bond donors (Lipinski definition) is 1.